The largest absolute Gasteiger partial charge is 0.480 e. The molecule has 16 heteroatoms. The van der Waals surface area contributed by atoms with Crippen molar-refractivity contribution >= 4 is 53.2 Å². The van der Waals surface area contributed by atoms with Gasteiger partial charge in [0.25, 0.3) is 0 Å². The number of carbonyl (C=O) groups is 7. The lowest BCUT2D eigenvalue weighted by Gasteiger charge is -2.24. The second kappa shape index (κ2) is 15.4. The molecule has 0 aliphatic heterocycles. The number of carboxylic acids is 1. The molecule has 0 aliphatic rings. The predicted octanol–water partition coefficient (Wildman–Crippen LogP) is -4.38. The highest BCUT2D eigenvalue weighted by molar-refractivity contribution is 7.98. The molecular formula is C18H31N7O8S. The Balaban J connectivity index is 5.49. The Morgan fingerprint density at radius 1 is 0.735 bits per heavy atom. The Morgan fingerprint density at radius 3 is 1.71 bits per heavy atom. The van der Waals surface area contributed by atoms with E-state index in [1.165, 1.54) is 11.8 Å². The number of primary amides is 3. The molecule has 192 valence electrons. The molecule has 0 saturated carbocycles. The molecule has 0 aromatic carbocycles. The first-order valence-corrected chi connectivity index (χ1v) is 11.4. The predicted molar refractivity (Wildman–Crippen MR) is 120 cm³/mol. The van der Waals surface area contributed by atoms with E-state index in [0.717, 1.165) is 0 Å². The lowest BCUT2D eigenvalue weighted by molar-refractivity contribution is -0.142. The van der Waals surface area contributed by atoms with Gasteiger partial charge >= 0.3 is 5.97 Å². The van der Waals surface area contributed by atoms with E-state index in [1.807, 2.05) is 0 Å². The van der Waals surface area contributed by atoms with Crippen LogP contribution < -0.4 is 38.9 Å². The van der Waals surface area contributed by atoms with Gasteiger partial charge < -0.3 is 44.0 Å². The number of rotatable bonds is 17. The van der Waals surface area contributed by atoms with Crippen LogP contribution in [-0.4, -0.2) is 82.7 Å². The molecular weight excluding hydrogens is 474 g/mol. The number of aliphatic carboxylic acids is 1. The Bertz CT molecular complexity index is 794. The molecule has 0 saturated heterocycles. The maximum atomic E-state index is 12.7. The zero-order chi connectivity index (χ0) is 26.4. The van der Waals surface area contributed by atoms with Crippen LogP contribution in [0.4, 0.5) is 0 Å². The van der Waals surface area contributed by atoms with E-state index in [4.69, 9.17) is 22.9 Å². The molecule has 0 rings (SSSR count). The average molecular weight is 506 g/mol. The van der Waals surface area contributed by atoms with E-state index < -0.39 is 78.4 Å². The number of amides is 6. The second-order valence-corrected chi connectivity index (χ2v) is 8.24. The molecule has 4 unspecified atom stereocenters. The van der Waals surface area contributed by atoms with Gasteiger partial charge in [0.05, 0.1) is 18.9 Å². The molecule has 12 N–H and O–H groups in total. The van der Waals surface area contributed by atoms with Crippen molar-refractivity contribution in [2.75, 3.05) is 12.0 Å². The van der Waals surface area contributed by atoms with E-state index >= 15 is 0 Å². The van der Waals surface area contributed by atoms with Crippen molar-refractivity contribution in [2.45, 2.75) is 56.3 Å². The number of nitrogens with two attached hydrogens (primary N) is 4. The minimum absolute atomic E-state index is 0.0688. The van der Waals surface area contributed by atoms with Crippen LogP contribution in [0, 0.1) is 0 Å². The van der Waals surface area contributed by atoms with Crippen LogP contribution in [0.3, 0.4) is 0 Å². The molecule has 0 aromatic rings. The number of carboxylic acid groups (broad SMARTS) is 1. The normalized spacial score (nSPS) is 14.1. The van der Waals surface area contributed by atoms with Crippen LogP contribution in [0.15, 0.2) is 0 Å². The highest BCUT2D eigenvalue weighted by Crippen LogP contribution is 2.05. The lowest BCUT2D eigenvalue weighted by atomic mass is 10.1. The molecule has 0 bridgehead atoms. The van der Waals surface area contributed by atoms with Crippen molar-refractivity contribution in [1.82, 2.24) is 16.0 Å². The molecule has 0 aromatic heterocycles. The lowest BCUT2D eigenvalue weighted by Crippen LogP contribution is -2.58. The van der Waals surface area contributed by atoms with Gasteiger partial charge in [-0.25, -0.2) is 4.79 Å². The fourth-order valence-corrected chi connectivity index (χ4v) is 3.06. The van der Waals surface area contributed by atoms with E-state index in [-0.39, 0.29) is 19.3 Å². The molecule has 0 spiro atoms. The molecule has 0 fully saturated rings. The van der Waals surface area contributed by atoms with Gasteiger partial charge in [-0.15, -0.1) is 0 Å². The molecule has 6 amide bonds. The van der Waals surface area contributed by atoms with Crippen LogP contribution >= 0.6 is 11.8 Å². The van der Waals surface area contributed by atoms with E-state index in [1.54, 1.807) is 6.26 Å². The van der Waals surface area contributed by atoms with Crippen molar-refractivity contribution < 1.29 is 38.7 Å². The average Bonchev–Trinajstić information content (AvgIpc) is 2.71. The fourth-order valence-electron chi connectivity index (χ4n) is 2.59. The van der Waals surface area contributed by atoms with Crippen molar-refractivity contribution in [1.29, 1.82) is 0 Å². The van der Waals surface area contributed by atoms with Crippen LogP contribution in [-0.2, 0) is 33.6 Å². The summed E-state index contributed by atoms with van der Waals surface area (Å²) in [5.41, 5.74) is 20.7. The molecule has 4 atom stereocenters. The van der Waals surface area contributed by atoms with Crippen LogP contribution in [0.2, 0.25) is 0 Å². The summed E-state index contributed by atoms with van der Waals surface area (Å²) < 4.78 is 0. The van der Waals surface area contributed by atoms with Crippen molar-refractivity contribution in [3.05, 3.63) is 0 Å². The fraction of sp³-hybridized carbons (Fsp3) is 0.611. The van der Waals surface area contributed by atoms with Gasteiger partial charge in [0.1, 0.15) is 18.1 Å². The smallest absolute Gasteiger partial charge is 0.326 e. The molecule has 15 nitrogen and oxygen atoms in total. The molecule has 0 aliphatic carbocycles. The summed E-state index contributed by atoms with van der Waals surface area (Å²) in [6.45, 7) is 0. The highest BCUT2D eigenvalue weighted by atomic mass is 32.2. The Labute approximate surface area is 199 Å². The number of thioether (sulfide) groups is 1. The van der Waals surface area contributed by atoms with Gasteiger partial charge in [-0.2, -0.15) is 11.8 Å². The van der Waals surface area contributed by atoms with Gasteiger partial charge in [0, 0.05) is 6.42 Å². The standard InChI is InChI=1S/C18H31N7O8S/c1-34-5-4-9(16(30)24-10(18(32)33)2-3-12(20)26)23-17(31)11(7-14(22)28)25-15(29)8(19)6-13(21)27/h8-11H,2-7,19H2,1H3,(H2,20,26)(H2,21,27)(H2,22,28)(H,23,31)(H,24,30)(H,25,29)(H,32,33). The Morgan fingerprint density at radius 2 is 1.24 bits per heavy atom. The zero-order valence-corrected chi connectivity index (χ0v) is 19.4. The molecule has 34 heavy (non-hydrogen) atoms. The maximum absolute atomic E-state index is 12.7. The quantitative estimate of drug-likeness (QED) is 0.0939. The van der Waals surface area contributed by atoms with Crippen molar-refractivity contribution in [3.63, 3.8) is 0 Å². The van der Waals surface area contributed by atoms with Crippen molar-refractivity contribution in [3.8, 4) is 0 Å². The van der Waals surface area contributed by atoms with Crippen molar-refractivity contribution in [2.24, 2.45) is 22.9 Å². The topological polar surface area (TPSA) is 280 Å². The van der Waals surface area contributed by atoms with E-state index in [9.17, 15) is 38.7 Å². The van der Waals surface area contributed by atoms with E-state index in [0.29, 0.717) is 5.75 Å². The first-order valence-electron chi connectivity index (χ1n) is 10.0. The van der Waals surface area contributed by atoms with Gasteiger partial charge in [-0.05, 0) is 24.9 Å². The zero-order valence-electron chi connectivity index (χ0n) is 18.6. The molecule has 0 heterocycles. The van der Waals surface area contributed by atoms with Gasteiger partial charge in [-0.1, -0.05) is 0 Å². The summed E-state index contributed by atoms with van der Waals surface area (Å²) in [5, 5.41) is 16.0. The Kier molecular flexibility index (Phi) is 13.9. The van der Waals surface area contributed by atoms with Gasteiger partial charge in [0.15, 0.2) is 0 Å². The number of nitrogens with one attached hydrogen (secondary N) is 3. The Hall–Kier alpha value is -3.40. The third-order valence-corrected chi connectivity index (χ3v) is 4.98. The van der Waals surface area contributed by atoms with Gasteiger partial charge in [0.2, 0.25) is 35.4 Å². The second-order valence-electron chi connectivity index (χ2n) is 7.26. The van der Waals surface area contributed by atoms with Crippen LogP contribution in [0.5, 0.6) is 0 Å². The first kappa shape index (κ1) is 30.6. The highest BCUT2D eigenvalue weighted by Gasteiger charge is 2.31. The summed E-state index contributed by atoms with van der Waals surface area (Å²) in [6, 6.07) is -5.61. The van der Waals surface area contributed by atoms with Crippen LogP contribution in [0.25, 0.3) is 0 Å². The maximum Gasteiger partial charge on any atom is 0.326 e. The van der Waals surface area contributed by atoms with E-state index in [2.05, 4.69) is 16.0 Å². The minimum atomic E-state index is -1.53. The monoisotopic (exact) mass is 505 g/mol. The number of carbonyl (C=O) groups excluding carboxylic acids is 6. The number of hydrogen-bond acceptors (Lipinski definition) is 9. The number of hydrogen-bond donors (Lipinski definition) is 8. The summed E-state index contributed by atoms with van der Waals surface area (Å²) >= 11 is 1.34. The van der Waals surface area contributed by atoms with Gasteiger partial charge in [-0.3, -0.25) is 28.8 Å². The SMILES string of the molecule is CSCCC(NC(=O)C(CC(N)=O)NC(=O)C(N)CC(N)=O)C(=O)NC(CCC(N)=O)C(=O)O. The summed E-state index contributed by atoms with van der Waals surface area (Å²) in [4.78, 5) is 82.2. The first-order chi connectivity index (χ1) is 15.8. The van der Waals surface area contributed by atoms with Crippen LogP contribution in [0.1, 0.15) is 32.1 Å². The third-order valence-electron chi connectivity index (χ3n) is 4.33. The summed E-state index contributed by atoms with van der Waals surface area (Å²) in [7, 11) is 0. The molecule has 0 radical (unpaired) electrons. The third kappa shape index (κ3) is 12.6. The summed E-state index contributed by atoms with van der Waals surface area (Å²) in [6.07, 6.45) is 0.0831. The minimum Gasteiger partial charge on any atom is -0.480 e. The summed E-state index contributed by atoms with van der Waals surface area (Å²) in [5.74, 6) is -6.39.